The number of benzene rings is 1. The van der Waals surface area contributed by atoms with Gasteiger partial charge in [-0.3, -0.25) is 0 Å². The van der Waals surface area contributed by atoms with Crippen molar-refractivity contribution in [2.75, 3.05) is 19.0 Å². The van der Waals surface area contributed by atoms with Crippen LogP contribution in [0.5, 0.6) is 5.75 Å². The maximum absolute atomic E-state index is 11.5. The minimum Gasteiger partial charge on any atom is -0.492 e. The van der Waals surface area contributed by atoms with Crippen LogP contribution in [0.15, 0.2) is 23.1 Å². The van der Waals surface area contributed by atoms with E-state index in [1.54, 1.807) is 24.8 Å². The molecule has 0 saturated heterocycles. The molecule has 0 amide bonds. The van der Waals surface area contributed by atoms with E-state index in [0.29, 0.717) is 12.2 Å². The Morgan fingerprint density at radius 3 is 3.27 bits per heavy atom. The van der Waals surface area contributed by atoms with Crippen molar-refractivity contribution in [1.29, 1.82) is 0 Å². The smallest absolute Gasteiger partial charge is 0.338 e. The van der Waals surface area contributed by atoms with E-state index in [4.69, 9.17) is 9.47 Å². The van der Waals surface area contributed by atoms with Crippen LogP contribution in [0, 0.1) is 0 Å². The highest BCUT2D eigenvalue weighted by molar-refractivity contribution is 7.99. The van der Waals surface area contributed by atoms with E-state index < -0.39 is 0 Å². The van der Waals surface area contributed by atoms with E-state index in [1.807, 2.05) is 12.1 Å². The fourth-order valence-corrected chi connectivity index (χ4v) is 2.25. The molecule has 3 nitrogen and oxygen atoms in total. The molecule has 0 spiro atoms. The number of rotatable bonds is 2. The molecule has 4 heteroatoms. The van der Waals surface area contributed by atoms with Gasteiger partial charge in [0.25, 0.3) is 0 Å². The number of carbonyl (C=O) groups is 1. The number of hydrogen-bond acceptors (Lipinski definition) is 4. The molecule has 1 aromatic rings. The summed E-state index contributed by atoms with van der Waals surface area (Å²) >= 11 is 1.71. The first kappa shape index (κ1) is 10.4. The first-order valence-electron chi connectivity index (χ1n) is 4.88. The molecule has 1 aliphatic heterocycles. The molecule has 1 aliphatic rings. The molecule has 0 N–H and O–H groups in total. The SMILES string of the molecule is CCOC(=O)c1ccc2c(c1)SCCO2. The molecule has 0 saturated carbocycles. The molecule has 0 bridgehead atoms. The number of hydrogen-bond donors (Lipinski definition) is 0. The highest BCUT2D eigenvalue weighted by Crippen LogP contribution is 2.33. The zero-order chi connectivity index (χ0) is 10.7. The third kappa shape index (κ3) is 2.26. The maximum atomic E-state index is 11.5. The van der Waals surface area contributed by atoms with Gasteiger partial charge in [0.2, 0.25) is 0 Å². The normalized spacial score (nSPS) is 13.9. The minimum absolute atomic E-state index is 0.272. The molecule has 0 aliphatic carbocycles. The van der Waals surface area contributed by atoms with Crippen molar-refractivity contribution in [3.63, 3.8) is 0 Å². The zero-order valence-corrected chi connectivity index (χ0v) is 9.30. The van der Waals surface area contributed by atoms with Crippen molar-refractivity contribution in [2.45, 2.75) is 11.8 Å². The zero-order valence-electron chi connectivity index (χ0n) is 8.49. The van der Waals surface area contributed by atoms with Crippen LogP contribution in [0.25, 0.3) is 0 Å². The summed E-state index contributed by atoms with van der Waals surface area (Å²) in [7, 11) is 0. The van der Waals surface area contributed by atoms with Crippen LogP contribution < -0.4 is 4.74 Å². The van der Waals surface area contributed by atoms with E-state index >= 15 is 0 Å². The lowest BCUT2D eigenvalue weighted by atomic mass is 10.2. The maximum Gasteiger partial charge on any atom is 0.338 e. The molecule has 0 unspecified atom stereocenters. The lowest BCUT2D eigenvalue weighted by Gasteiger charge is -2.16. The van der Waals surface area contributed by atoms with Crippen molar-refractivity contribution in [2.24, 2.45) is 0 Å². The van der Waals surface area contributed by atoms with Gasteiger partial charge < -0.3 is 9.47 Å². The van der Waals surface area contributed by atoms with E-state index in [0.717, 1.165) is 23.0 Å². The summed E-state index contributed by atoms with van der Waals surface area (Å²) in [6.45, 7) is 2.93. The number of ether oxygens (including phenoxy) is 2. The van der Waals surface area contributed by atoms with Crippen LogP contribution in [-0.4, -0.2) is 24.9 Å². The third-order valence-corrected chi connectivity index (χ3v) is 3.05. The second-order valence-corrected chi connectivity index (χ2v) is 4.22. The Kier molecular flexibility index (Phi) is 3.16. The van der Waals surface area contributed by atoms with Crippen molar-refractivity contribution >= 4 is 17.7 Å². The van der Waals surface area contributed by atoms with Crippen LogP contribution >= 0.6 is 11.8 Å². The standard InChI is InChI=1S/C11H12O3S/c1-2-13-11(12)8-3-4-9-10(7-8)15-6-5-14-9/h3-4,7H,2,5-6H2,1H3. The monoisotopic (exact) mass is 224 g/mol. The molecule has 0 fully saturated rings. The van der Waals surface area contributed by atoms with Gasteiger partial charge in [-0.15, -0.1) is 11.8 Å². The number of fused-ring (bicyclic) bond motifs is 1. The Morgan fingerprint density at radius 2 is 2.47 bits per heavy atom. The van der Waals surface area contributed by atoms with Crippen molar-refractivity contribution in [1.82, 2.24) is 0 Å². The van der Waals surface area contributed by atoms with Gasteiger partial charge in [-0.2, -0.15) is 0 Å². The molecule has 1 aromatic carbocycles. The van der Waals surface area contributed by atoms with Crippen LogP contribution in [0.2, 0.25) is 0 Å². The summed E-state index contributed by atoms with van der Waals surface area (Å²) < 4.78 is 10.4. The van der Waals surface area contributed by atoms with Gasteiger partial charge in [0.15, 0.2) is 0 Å². The quantitative estimate of drug-likeness (QED) is 0.722. The van der Waals surface area contributed by atoms with Gasteiger partial charge in [0.1, 0.15) is 5.75 Å². The number of carbonyl (C=O) groups excluding carboxylic acids is 1. The van der Waals surface area contributed by atoms with Crippen LogP contribution in [0.4, 0.5) is 0 Å². The van der Waals surface area contributed by atoms with Gasteiger partial charge in [0.05, 0.1) is 23.7 Å². The Labute approximate surface area is 92.8 Å². The molecular formula is C11H12O3S. The molecule has 0 atom stereocenters. The highest BCUT2D eigenvalue weighted by atomic mass is 32.2. The number of thioether (sulfide) groups is 1. The molecule has 0 aromatic heterocycles. The summed E-state index contributed by atoms with van der Waals surface area (Å²) in [6.07, 6.45) is 0. The Balaban J connectivity index is 2.24. The Bertz CT molecular complexity index is 376. The van der Waals surface area contributed by atoms with Crippen LogP contribution in [-0.2, 0) is 4.74 Å². The Hall–Kier alpha value is -1.16. The first-order valence-corrected chi connectivity index (χ1v) is 5.86. The van der Waals surface area contributed by atoms with Crippen LogP contribution in [0.1, 0.15) is 17.3 Å². The topological polar surface area (TPSA) is 35.5 Å². The lowest BCUT2D eigenvalue weighted by Crippen LogP contribution is -2.09. The Morgan fingerprint density at radius 1 is 1.60 bits per heavy atom. The van der Waals surface area contributed by atoms with Gasteiger partial charge in [-0.05, 0) is 25.1 Å². The fraction of sp³-hybridized carbons (Fsp3) is 0.364. The molecule has 0 radical (unpaired) electrons. The summed E-state index contributed by atoms with van der Waals surface area (Å²) in [5, 5.41) is 0. The average molecular weight is 224 g/mol. The fourth-order valence-electron chi connectivity index (χ4n) is 1.38. The summed E-state index contributed by atoms with van der Waals surface area (Å²) in [5.74, 6) is 1.52. The second kappa shape index (κ2) is 4.57. The summed E-state index contributed by atoms with van der Waals surface area (Å²) in [5.41, 5.74) is 0.591. The van der Waals surface area contributed by atoms with E-state index in [-0.39, 0.29) is 5.97 Å². The first-order chi connectivity index (χ1) is 7.31. The van der Waals surface area contributed by atoms with Crippen LogP contribution in [0.3, 0.4) is 0 Å². The van der Waals surface area contributed by atoms with Gasteiger partial charge in [-0.1, -0.05) is 0 Å². The van der Waals surface area contributed by atoms with Gasteiger partial charge in [-0.25, -0.2) is 4.79 Å². The van der Waals surface area contributed by atoms with Gasteiger partial charge in [0, 0.05) is 5.75 Å². The highest BCUT2D eigenvalue weighted by Gasteiger charge is 2.14. The molecule has 15 heavy (non-hydrogen) atoms. The average Bonchev–Trinajstić information content (AvgIpc) is 2.29. The number of esters is 1. The molecule has 2 rings (SSSR count). The van der Waals surface area contributed by atoms with Crippen molar-refractivity contribution in [3.05, 3.63) is 23.8 Å². The third-order valence-electron chi connectivity index (χ3n) is 2.05. The summed E-state index contributed by atoms with van der Waals surface area (Å²) in [4.78, 5) is 12.5. The van der Waals surface area contributed by atoms with E-state index in [1.165, 1.54) is 0 Å². The predicted molar refractivity (Wildman–Crippen MR) is 58.6 cm³/mol. The van der Waals surface area contributed by atoms with E-state index in [9.17, 15) is 4.79 Å². The predicted octanol–water partition coefficient (Wildman–Crippen LogP) is 2.35. The van der Waals surface area contributed by atoms with E-state index in [2.05, 4.69) is 0 Å². The lowest BCUT2D eigenvalue weighted by molar-refractivity contribution is 0.0526. The molecular weight excluding hydrogens is 212 g/mol. The molecule has 80 valence electrons. The molecule has 1 heterocycles. The minimum atomic E-state index is -0.272. The largest absolute Gasteiger partial charge is 0.492 e. The van der Waals surface area contributed by atoms with Crippen molar-refractivity contribution < 1.29 is 14.3 Å². The summed E-state index contributed by atoms with van der Waals surface area (Å²) in [6, 6.07) is 5.40. The van der Waals surface area contributed by atoms with Gasteiger partial charge >= 0.3 is 5.97 Å². The second-order valence-electron chi connectivity index (χ2n) is 3.08. The van der Waals surface area contributed by atoms with Crippen molar-refractivity contribution in [3.8, 4) is 5.75 Å².